The molecule has 1 aromatic heterocycles. The Labute approximate surface area is 267 Å². The summed E-state index contributed by atoms with van der Waals surface area (Å²) in [7, 11) is -3.51. The van der Waals surface area contributed by atoms with Gasteiger partial charge in [0.2, 0.25) is 0 Å². The molecular weight excluding hydrogens is 639 g/mol. The van der Waals surface area contributed by atoms with Crippen LogP contribution in [0.25, 0.3) is 22.4 Å². The standard InChI is InChI=1S/C33H26ClFN2O6S2/c34-24-12-14-25(15-13-24)45(41,42)18-2-3-22-8-16-29(43-20-31(38)39)28(19-22)37-33(40)23-10-6-21(7-11-23)9-17-30-36-27-5-1-4-26(35)32(27)44-30/h1,4-17,19H,2-3,18,20H2,(H,37,40)(H,38,39)/b17-9+. The molecule has 4 aromatic carbocycles. The van der Waals surface area contributed by atoms with E-state index in [9.17, 15) is 22.4 Å². The van der Waals surface area contributed by atoms with Gasteiger partial charge in [-0.15, -0.1) is 11.3 Å². The number of thiazole rings is 1. The van der Waals surface area contributed by atoms with E-state index in [2.05, 4.69) is 10.3 Å². The number of carboxylic acid groups (broad SMARTS) is 1. The Morgan fingerprint density at radius 2 is 1.76 bits per heavy atom. The Hall–Kier alpha value is -4.58. The van der Waals surface area contributed by atoms with Crippen LogP contribution in [-0.2, 0) is 21.1 Å². The maximum absolute atomic E-state index is 14.0. The Bertz CT molecular complexity index is 1990. The molecule has 0 saturated carbocycles. The number of hydrogen-bond donors (Lipinski definition) is 2. The number of rotatable bonds is 12. The zero-order valence-electron chi connectivity index (χ0n) is 23.6. The summed E-state index contributed by atoms with van der Waals surface area (Å²) < 4.78 is 45.2. The lowest BCUT2D eigenvalue weighted by Crippen LogP contribution is -2.15. The Kier molecular flexibility index (Phi) is 9.92. The van der Waals surface area contributed by atoms with Crippen LogP contribution < -0.4 is 10.1 Å². The second-order valence-corrected chi connectivity index (χ2v) is 13.5. The third-order valence-electron chi connectivity index (χ3n) is 6.67. The van der Waals surface area contributed by atoms with E-state index >= 15 is 0 Å². The number of aryl methyl sites for hydroxylation is 1. The highest BCUT2D eigenvalue weighted by Gasteiger charge is 2.16. The number of anilines is 1. The van der Waals surface area contributed by atoms with Crippen molar-refractivity contribution in [3.63, 3.8) is 0 Å². The quantitative estimate of drug-likeness (QED) is 0.143. The van der Waals surface area contributed by atoms with Crippen molar-refractivity contribution in [2.24, 2.45) is 0 Å². The topological polar surface area (TPSA) is 123 Å². The fourth-order valence-electron chi connectivity index (χ4n) is 4.43. The van der Waals surface area contributed by atoms with Crippen LogP contribution in [0.15, 0.2) is 89.8 Å². The molecule has 1 amide bonds. The zero-order valence-corrected chi connectivity index (χ0v) is 26.0. The number of nitrogens with one attached hydrogen (secondary N) is 1. The Balaban J connectivity index is 1.26. The van der Waals surface area contributed by atoms with Crippen molar-refractivity contribution < 1.29 is 32.2 Å². The maximum Gasteiger partial charge on any atom is 0.341 e. The molecule has 0 aliphatic carbocycles. The van der Waals surface area contributed by atoms with Gasteiger partial charge in [0.05, 0.1) is 26.6 Å². The monoisotopic (exact) mass is 664 g/mol. The highest BCUT2D eigenvalue weighted by molar-refractivity contribution is 7.91. The lowest BCUT2D eigenvalue weighted by Gasteiger charge is -2.14. The molecule has 230 valence electrons. The first-order valence-corrected chi connectivity index (χ1v) is 16.5. The van der Waals surface area contributed by atoms with Gasteiger partial charge >= 0.3 is 5.97 Å². The average molecular weight is 665 g/mol. The number of carboxylic acids is 1. The summed E-state index contributed by atoms with van der Waals surface area (Å²) in [6.45, 7) is -0.607. The van der Waals surface area contributed by atoms with Crippen LogP contribution in [0.3, 0.4) is 0 Å². The molecule has 0 atom stereocenters. The van der Waals surface area contributed by atoms with Crippen molar-refractivity contribution in [3.8, 4) is 5.75 Å². The molecule has 1 heterocycles. The molecule has 0 aliphatic heterocycles. The molecule has 8 nitrogen and oxygen atoms in total. The molecule has 0 fully saturated rings. The van der Waals surface area contributed by atoms with Crippen LogP contribution in [-0.4, -0.2) is 42.7 Å². The third-order valence-corrected chi connectivity index (χ3v) is 9.78. The van der Waals surface area contributed by atoms with Crippen LogP contribution in [0.2, 0.25) is 5.02 Å². The number of carbonyl (C=O) groups excluding carboxylic acids is 1. The van der Waals surface area contributed by atoms with Gasteiger partial charge in [-0.3, -0.25) is 4.79 Å². The van der Waals surface area contributed by atoms with Crippen molar-refractivity contribution in [3.05, 3.63) is 117 Å². The second kappa shape index (κ2) is 14.0. The number of nitrogens with zero attached hydrogens (tertiary/aromatic N) is 1. The molecule has 0 spiro atoms. The van der Waals surface area contributed by atoms with Crippen LogP contribution in [0.1, 0.15) is 32.9 Å². The van der Waals surface area contributed by atoms with Crippen molar-refractivity contribution >= 4 is 72.7 Å². The average Bonchev–Trinajstić information content (AvgIpc) is 3.44. The van der Waals surface area contributed by atoms with E-state index in [-0.39, 0.29) is 27.9 Å². The summed E-state index contributed by atoms with van der Waals surface area (Å²) in [5.41, 5.74) is 2.72. The first kappa shape index (κ1) is 31.8. The zero-order chi connectivity index (χ0) is 32.0. The lowest BCUT2D eigenvalue weighted by atomic mass is 10.1. The van der Waals surface area contributed by atoms with E-state index in [1.165, 1.54) is 41.7 Å². The van der Waals surface area contributed by atoms with Crippen LogP contribution in [0, 0.1) is 5.82 Å². The molecule has 5 rings (SSSR count). The molecule has 45 heavy (non-hydrogen) atoms. The second-order valence-electron chi connectivity index (χ2n) is 9.94. The number of halogens is 2. The first-order chi connectivity index (χ1) is 21.6. The molecule has 0 bridgehead atoms. The van der Waals surface area contributed by atoms with Crippen molar-refractivity contribution in [2.45, 2.75) is 17.7 Å². The largest absolute Gasteiger partial charge is 0.480 e. The number of amides is 1. The number of ether oxygens (including phenoxy) is 1. The van der Waals surface area contributed by atoms with Gasteiger partial charge in [0.25, 0.3) is 5.91 Å². The fraction of sp³-hybridized carbons (Fsp3) is 0.121. The van der Waals surface area contributed by atoms with Crippen LogP contribution in [0.4, 0.5) is 10.1 Å². The fourth-order valence-corrected chi connectivity index (χ4v) is 6.74. The van der Waals surface area contributed by atoms with E-state index in [1.54, 1.807) is 60.7 Å². The van der Waals surface area contributed by atoms with Gasteiger partial charge in [-0.1, -0.05) is 41.9 Å². The summed E-state index contributed by atoms with van der Waals surface area (Å²) in [6, 6.07) is 22.4. The molecular formula is C33H26ClFN2O6S2. The number of sulfone groups is 1. The molecule has 0 radical (unpaired) electrons. The third kappa shape index (κ3) is 8.33. The van der Waals surface area contributed by atoms with E-state index in [0.717, 1.165) is 11.1 Å². The number of fused-ring (bicyclic) bond motifs is 1. The number of hydrogen-bond acceptors (Lipinski definition) is 7. The molecule has 5 aromatic rings. The lowest BCUT2D eigenvalue weighted by molar-refractivity contribution is -0.139. The van der Waals surface area contributed by atoms with Gasteiger partial charge in [0.1, 0.15) is 16.6 Å². The predicted molar refractivity (Wildman–Crippen MR) is 174 cm³/mol. The smallest absolute Gasteiger partial charge is 0.341 e. The minimum absolute atomic E-state index is 0.0930. The number of benzene rings is 4. The van der Waals surface area contributed by atoms with Gasteiger partial charge in [0, 0.05) is 10.6 Å². The number of carbonyl (C=O) groups is 2. The Morgan fingerprint density at radius 3 is 2.47 bits per heavy atom. The van der Waals surface area contributed by atoms with Crippen molar-refractivity contribution in [2.75, 3.05) is 17.7 Å². The SMILES string of the molecule is O=C(O)COc1ccc(CCCS(=O)(=O)c2ccc(Cl)cc2)cc1NC(=O)c1ccc(/C=C/c2nc3cccc(F)c3s2)cc1. The summed E-state index contributed by atoms with van der Waals surface area (Å²) >= 11 is 7.11. The summed E-state index contributed by atoms with van der Waals surface area (Å²) in [6.07, 6.45) is 4.29. The van der Waals surface area contributed by atoms with Crippen molar-refractivity contribution in [1.29, 1.82) is 0 Å². The normalized spacial score (nSPS) is 11.6. The minimum atomic E-state index is -3.51. The van der Waals surface area contributed by atoms with Gasteiger partial charge in [0.15, 0.2) is 16.4 Å². The maximum atomic E-state index is 14.0. The molecule has 0 aliphatic rings. The van der Waals surface area contributed by atoms with E-state index in [4.69, 9.17) is 21.4 Å². The van der Waals surface area contributed by atoms with Gasteiger partial charge in [-0.25, -0.2) is 22.6 Å². The van der Waals surface area contributed by atoms with Crippen LogP contribution >= 0.6 is 22.9 Å². The van der Waals surface area contributed by atoms with Gasteiger partial charge in [-0.2, -0.15) is 0 Å². The highest BCUT2D eigenvalue weighted by Crippen LogP contribution is 2.29. The molecule has 12 heteroatoms. The molecule has 0 saturated heterocycles. The summed E-state index contributed by atoms with van der Waals surface area (Å²) in [5.74, 6) is -1.87. The van der Waals surface area contributed by atoms with E-state index < -0.39 is 28.3 Å². The van der Waals surface area contributed by atoms with Gasteiger partial charge < -0.3 is 15.2 Å². The summed E-state index contributed by atoms with van der Waals surface area (Å²) in [4.78, 5) is 28.8. The first-order valence-electron chi connectivity index (χ1n) is 13.7. The van der Waals surface area contributed by atoms with Crippen molar-refractivity contribution in [1.82, 2.24) is 4.98 Å². The van der Waals surface area contributed by atoms with E-state index in [0.29, 0.717) is 38.7 Å². The van der Waals surface area contributed by atoms with Gasteiger partial charge in [-0.05, 0) is 90.7 Å². The number of aromatic nitrogens is 1. The predicted octanol–water partition coefficient (Wildman–Crippen LogP) is 7.38. The number of aliphatic carboxylic acids is 1. The Morgan fingerprint density at radius 1 is 1.00 bits per heavy atom. The molecule has 0 unspecified atom stereocenters. The van der Waals surface area contributed by atoms with E-state index in [1.807, 2.05) is 6.08 Å². The molecule has 2 N–H and O–H groups in total. The minimum Gasteiger partial charge on any atom is -0.480 e. The highest BCUT2D eigenvalue weighted by atomic mass is 35.5. The van der Waals surface area contributed by atoms with Crippen LogP contribution in [0.5, 0.6) is 5.75 Å². The summed E-state index contributed by atoms with van der Waals surface area (Å²) in [5, 5.41) is 12.9.